The summed E-state index contributed by atoms with van der Waals surface area (Å²) in [5.41, 5.74) is 2.58. The summed E-state index contributed by atoms with van der Waals surface area (Å²) in [5, 5.41) is 0.0480. The summed E-state index contributed by atoms with van der Waals surface area (Å²) in [4.78, 5) is 16.8. The Morgan fingerprint density at radius 1 is 1.16 bits per heavy atom. The molecule has 0 N–H and O–H groups in total. The topological polar surface area (TPSA) is 48.4 Å². The van der Waals surface area contributed by atoms with E-state index < -0.39 is 8.32 Å². The number of nitrogens with zero attached hydrogens (tertiary/aromatic N) is 1. The zero-order chi connectivity index (χ0) is 18.4. The van der Waals surface area contributed by atoms with Crippen LogP contribution in [0.2, 0.25) is 18.1 Å². The highest BCUT2D eigenvalue weighted by atomic mass is 28.4. The molecule has 1 aromatic heterocycles. The molecule has 2 heterocycles. The van der Waals surface area contributed by atoms with Crippen LogP contribution in [-0.2, 0) is 4.79 Å². The largest absolute Gasteiger partial charge is 0.530 e. The quantitative estimate of drug-likeness (QED) is 0.564. The Morgan fingerprint density at radius 2 is 1.80 bits per heavy atom. The highest BCUT2D eigenvalue weighted by Gasteiger charge is 2.42. The summed E-state index contributed by atoms with van der Waals surface area (Å²) in [6.07, 6.45) is 1.75. The number of rotatable bonds is 3. The number of benzene rings is 1. The highest BCUT2D eigenvalue weighted by Crippen LogP contribution is 2.47. The molecule has 5 heteroatoms. The van der Waals surface area contributed by atoms with Crippen molar-refractivity contribution >= 4 is 14.3 Å². The van der Waals surface area contributed by atoms with Crippen LogP contribution in [0.3, 0.4) is 0 Å². The molecule has 1 atom stereocenters. The van der Waals surface area contributed by atoms with Crippen molar-refractivity contribution in [2.45, 2.75) is 51.7 Å². The van der Waals surface area contributed by atoms with Crippen molar-refractivity contribution < 1.29 is 14.0 Å². The minimum Gasteiger partial charge on any atom is -0.530 e. The van der Waals surface area contributed by atoms with Gasteiger partial charge in [0.05, 0.1) is 11.5 Å². The van der Waals surface area contributed by atoms with Gasteiger partial charge in [0.25, 0.3) is 8.32 Å². The van der Waals surface area contributed by atoms with Crippen LogP contribution < -0.4 is 9.16 Å². The van der Waals surface area contributed by atoms with Gasteiger partial charge in [-0.25, -0.2) is 4.98 Å². The first-order valence-corrected chi connectivity index (χ1v) is 11.5. The third-order valence-electron chi connectivity index (χ3n) is 5.26. The van der Waals surface area contributed by atoms with Crippen molar-refractivity contribution in [3.05, 3.63) is 42.1 Å². The number of hydrogen-bond donors (Lipinski definition) is 0. The van der Waals surface area contributed by atoms with Gasteiger partial charge in [0.1, 0.15) is 5.75 Å². The van der Waals surface area contributed by atoms with Gasteiger partial charge >= 0.3 is 5.97 Å². The molecule has 0 saturated carbocycles. The molecule has 0 bridgehead atoms. The summed E-state index contributed by atoms with van der Waals surface area (Å²) in [6.45, 7) is 12.8. The number of fused-ring (bicyclic) bond motifs is 1. The number of ether oxygens (including phenoxy) is 1. The normalized spacial score (nSPS) is 17.2. The molecule has 1 aliphatic heterocycles. The first kappa shape index (κ1) is 17.7. The van der Waals surface area contributed by atoms with E-state index in [1.165, 1.54) is 0 Å². The van der Waals surface area contributed by atoms with Crippen molar-refractivity contribution in [2.75, 3.05) is 0 Å². The standard InChI is InChI=1S/C20H25NO3Si/c1-13-16-17(23-19(13)22)15(14-10-8-7-9-11-14)12-21-18(16)24-25(5,6)20(2,3)4/h7-13H,1-6H3. The monoisotopic (exact) mass is 355 g/mol. The Kier molecular flexibility index (Phi) is 4.23. The zero-order valence-corrected chi connectivity index (χ0v) is 16.7. The molecule has 4 nitrogen and oxygen atoms in total. The van der Waals surface area contributed by atoms with Gasteiger partial charge < -0.3 is 9.16 Å². The van der Waals surface area contributed by atoms with E-state index in [9.17, 15) is 4.79 Å². The lowest BCUT2D eigenvalue weighted by Crippen LogP contribution is -2.44. The number of hydrogen-bond acceptors (Lipinski definition) is 4. The van der Waals surface area contributed by atoms with E-state index in [-0.39, 0.29) is 16.9 Å². The van der Waals surface area contributed by atoms with E-state index >= 15 is 0 Å². The average molecular weight is 356 g/mol. The maximum Gasteiger partial charge on any atom is 0.318 e. The van der Waals surface area contributed by atoms with Gasteiger partial charge in [-0.05, 0) is 30.6 Å². The minimum absolute atomic E-state index is 0.0480. The highest BCUT2D eigenvalue weighted by molar-refractivity contribution is 6.74. The number of aromatic nitrogens is 1. The maximum absolute atomic E-state index is 12.2. The lowest BCUT2D eigenvalue weighted by atomic mass is 9.99. The number of esters is 1. The van der Waals surface area contributed by atoms with Crippen molar-refractivity contribution in [3.63, 3.8) is 0 Å². The van der Waals surface area contributed by atoms with E-state index in [0.717, 1.165) is 16.7 Å². The second-order valence-corrected chi connectivity index (χ2v) is 12.8. The molecule has 0 amide bonds. The second kappa shape index (κ2) is 5.99. The smallest absolute Gasteiger partial charge is 0.318 e. The summed E-state index contributed by atoms with van der Waals surface area (Å²) >= 11 is 0. The Hall–Kier alpha value is -2.14. The molecule has 2 aromatic rings. The molecule has 1 aromatic carbocycles. The first-order valence-electron chi connectivity index (χ1n) is 8.61. The third kappa shape index (κ3) is 3.08. The molecule has 0 aliphatic carbocycles. The van der Waals surface area contributed by atoms with E-state index in [0.29, 0.717) is 11.6 Å². The summed E-state index contributed by atoms with van der Waals surface area (Å²) in [5.74, 6) is 0.512. The maximum atomic E-state index is 12.2. The Balaban J connectivity index is 2.12. The third-order valence-corrected chi connectivity index (χ3v) is 9.58. The molecular formula is C20H25NO3Si. The van der Waals surface area contributed by atoms with Gasteiger partial charge in [-0.2, -0.15) is 0 Å². The van der Waals surface area contributed by atoms with Crippen LogP contribution in [0.4, 0.5) is 0 Å². The number of carbonyl (C=O) groups excluding carboxylic acids is 1. The van der Waals surface area contributed by atoms with Crippen LogP contribution >= 0.6 is 0 Å². The second-order valence-electron chi connectivity index (χ2n) is 8.09. The van der Waals surface area contributed by atoms with E-state index in [1.54, 1.807) is 6.20 Å². The van der Waals surface area contributed by atoms with Gasteiger partial charge in [0.15, 0.2) is 0 Å². The van der Waals surface area contributed by atoms with Crippen LogP contribution in [0.25, 0.3) is 11.1 Å². The van der Waals surface area contributed by atoms with Gasteiger partial charge in [-0.15, -0.1) is 0 Å². The predicted molar refractivity (Wildman–Crippen MR) is 102 cm³/mol. The summed E-state index contributed by atoms with van der Waals surface area (Å²) in [7, 11) is -2.07. The van der Waals surface area contributed by atoms with Crippen LogP contribution in [-0.4, -0.2) is 19.3 Å². The molecule has 0 radical (unpaired) electrons. The van der Waals surface area contributed by atoms with E-state index in [2.05, 4.69) is 38.8 Å². The lowest BCUT2D eigenvalue weighted by molar-refractivity contribution is -0.133. The van der Waals surface area contributed by atoms with Crippen molar-refractivity contribution in [3.8, 4) is 22.8 Å². The fourth-order valence-electron chi connectivity index (χ4n) is 2.59. The minimum atomic E-state index is -2.07. The summed E-state index contributed by atoms with van der Waals surface area (Å²) < 4.78 is 12.0. The van der Waals surface area contributed by atoms with Crippen LogP contribution in [0.15, 0.2) is 36.5 Å². The SMILES string of the molecule is CC1C(=O)Oc2c(-c3ccccc3)cnc(O[Si](C)(C)C(C)(C)C)c21. The Labute approximate surface area is 150 Å². The van der Waals surface area contributed by atoms with Crippen molar-refractivity contribution in [1.29, 1.82) is 0 Å². The Morgan fingerprint density at radius 3 is 2.40 bits per heavy atom. The van der Waals surface area contributed by atoms with Crippen molar-refractivity contribution in [2.24, 2.45) is 0 Å². The van der Waals surface area contributed by atoms with Gasteiger partial charge in [-0.1, -0.05) is 51.1 Å². The number of carbonyl (C=O) groups is 1. The summed E-state index contributed by atoms with van der Waals surface area (Å²) in [6, 6.07) is 9.86. The molecule has 1 aliphatic rings. The first-order chi connectivity index (χ1) is 11.6. The Bertz CT molecular complexity index is 810. The van der Waals surface area contributed by atoms with Crippen LogP contribution in [0, 0.1) is 0 Å². The van der Waals surface area contributed by atoms with Gasteiger partial charge in [0, 0.05) is 11.8 Å². The average Bonchev–Trinajstić information content (AvgIpc) is 2.83. The predicted octanol–water partition coefficient (Wildman–Crippen LogP) is 5.16. The van der Waals surface area contributed by atoms with E-state index in [1.807, 2.05) is 37.3 Å². The fraction of sp³-hybridized carbons (Fsp3) is 0.400. The lowest BCUT2D eigenvalue weighted by Gasteiger charge is -2.36. The fourth-order valence-corrected chi connectivity index (χ4v) is 3.54. The molecular weight excluding hydrogens is 330 g/mol. The molecule has 0 spiro atoms. The molecule has 25 heavy (non-hydrogen) atoms. The molecule has 132 valence electrons. The molecule has 3 rings (SSSR count). The van der Waals surface area contributed by atoms with Crippen LogP contribution in [0.1, 0.15) is 39.2 Å². The van der Waals surface area contributed by atoms with Gasteiger partial charge in [-0.3, -0.25) is 4.79 Å². The molecule has 0 saturated heterocycles. The van der Waals surface area contributed by atoms with Crippen molar-refractivity contribution in [1.82, 2.24) is 4.98 Å². The van der Waals surface area contributed by atoms with Crippen LogP contribution in [0.5, 0.6) is 11.6 Å². The molecule has 1 unspecified atom stereocenters. The zero-order valence-electron chi connectivity index (χ0n) is 15.7. The van der Waals surface area contributed by atoms with E-state index in [4.69, 9.17) is 9.16 Å². The number of pyridine rings is 1. The van der Waals surface area contributed by atoms with Gasteiger partial charge in [0.2, 0.25) is 5.88 Å². The molecule has 0 fully saturated rings.